The minimum Gasteiger partial charge on any atom is -0.377 e. The van der Waals surface area contributed by atoms with Gasteiger partial charge in [-0.15, -0.1) is 0 Å². The van der Waals surface area contributed by atoms with Gasteiger partial charge < -0.3 is 10.1 Å². The Morgan fingerprint density at radius 3 is 2.43 bits per heavy atom. The van der Waals surface area contributed by atoms with Crippen LogP contribution in [0.5, 0.6) is 0 Å². The van der Waals surface area contributed by atoms with Gasteiger partial charge in [-0.3, -0.25) is 0 Å². The molecule has 0 amide bonds. The summed E-state index contributed by atoms with van der Waals surface area (Å²) in [6.45, 7) is 7.29. The molecule has 0 aliphatic rings. The summed E-state index contributed by atoms with van der Waals surface area (Å²) in [6.07, 6.45) is -2.95. The predicted molar refractivity (Wildman–Crippen MR) is 78.3 cm³/mol. The zero-order valence-electron chi connectivity index (χ0n) is 12.8. The van der Waals surface area contributed by atoms with E-state index in [1.54, 1.807) is 6.07 Å². The molecule has 1 aromatic rings. The lowest BCUT2D eigenvalue weighted by Crippen LogP contribution is -2.42. The van der Waals surface area contributed by atoms with Crippen LogP contribution in [0, 0.1) is 0 Å². The number of benzene rings is 1. The molecule has 2 nitrogen and oxygen atoms in total. The minimum atomic E-state index is -4.30. The molecule has 1 aromatic carbocycles. The molecule has 1 N–H and O–H groups in total. The van der Waals surface area contributed by atoms with Crippen LogP contribution in [0.15, 0.2) is 24.3 Å². The normalized spacial score (nSPS) is 15.0. The Bertz CT molecular complexity index is 420. The van der Waals surface area contributed by atoms with Gasteiger partial charge in [-0.2, -0.15) is 13.2 Å². The molecule has 2 unspecified atom stereocenters. The third kappa shape index (κ3) is 5.67. The van der Waals surface area contributed by atoms with Crippen molar-refractivity contribution in [1.82, 2.24) is 5.32 Å². The van der Waals surface area contributed by atoms with Crippen LogP contribution in [0.25, 0.3) is 0 Å². The van der Waals surface area contributed by atoms with E-state index in [0.717, 1.165) is 19.0 Å². The van der Waals surface area contributed by atoms with Gasteiger partial charge in [0.2, 0.25) is 0 Å². The predicted octanol–water partition coefficient (Wildman–Crippen LogP) is 4.04. The van der Waals surface area contributed by atoms with E-state index in [1.807, 2.05) is 20.8 Å². The fourth-order valence-corrected chi connectivity index (χ4v) is 2.46. The van der Waals surface area contributed by atoms with E-state index >= 15 is 0 Å². The Morgan fingerprint density at radius 2 is 1.90 bits per heavy atom. The standard InChI is InChI=1S/C16H24F3NO/c1-4-15(21-6-3)14(20-5-2)11-12-8-7-9-13(10-12)16(17,18)19/h7-10,14-15,20H,4-6,11H2,1-3H3. The van der Waals surface area contributed by atoms with E-state index in [-0.39, 0.29) is 12.1 Å². The first-order valence-electron chi connectivity index (χ1n) is 7.43. The minimum absolute atomic E-state index is 0.00416. The zero-order valence-corrected chi connectivity index (χ0v) is 12.8. The third-order valence-electron chi connectivity index (χ3n) is 3.41. The topological polar surface area (TPSA) is 21.3 Å². The second-order valence-electron chi connectivity index (χ2n) is 4.97. The number of hydrogen-bond donors (Lipinski definition) is 1. The lowest BCUT2D eigenvalue weighted by Gasteiger charge is -2.27. The Kier molecular flexibility index (Phi) is 7.18. The van der Waals surface area contributed by atoms with Crippen LogP contribution in [0.3, 0.4) is 0 Å². The highest BCUT2D eigenvalue weighted by Gasteiger charge is 2.30. The first kappa shape index (κ1) is 18.0. The second kappa shape index (κ2) is 8.39. The van der Waals surface area contributed by atoms with Gasteiger partial charge in [0.1, 0.15) is 0 Å². The number of hydrogen-bond acceptors (Lipinski definition) is 2. The third-order valence-corrected chi connectivity index (χ3v) is 3.41. The smallest absolute Gasteiger partial charge is 0.377 e. The molecule has 0 saturated carbocycles. The number of nitrogens with one attached hydrogen (secondary N) is 1. The van der Waals surface area contributed by atoms with Crippen molar-refractivity contribution in [3.8, 4) is 0 Å². The Labute approximate surface area is 124 Å². The molecule has 120 valence electrons. The summed E-state index contributed by atoms with van der Waals surface area (Å²) in [5.74, 6) is 0. The molecule has 21 heavy (non-hydrogen) atoms. The van der Waals surface area contributed by atoms with E-state index in [4.69, 9.17) is 4.74 Å². The summed E-state index contributed by atoms with van der Waals surface area (Å²) in [6, 6.07) is 5.54. The Balaban J connectivity index is 2.88. The lowest BCUT2D eigenvalue weighted by molar-refractivity contribution is -0.137. The van der Waals surface area contributed by atoms with Gasteiger partial charge in [-0.1, -0.05) is 32.0 Å². The molecule has 0 fully saturated rings. The molecule has 0 radical (unpaired) electrons. The highest BCUT2D eigenvalue weighted by atomic mass is 19.4. The van der Waals surface area contributed by atoms with Crippen LogP contribution < -0.4 is 5.32 Å². The van der Waals surface area contributed by atoms with Gasteiger partial charge in [-0.25, -0.2) is 0 Å². The van der Waals surface area contributed by atoms with Crippen LogP contribution in [0.4, 0.5) is 13.2 Å². The zero-order chi connectivity index (χ0) is 15.9. The quantitative estimate of drug-likeness (QED) is 0.782. The number of likely N-dealkylation sites (N-methyl/N-ethyl adjacent to an activating group) is 1. The molecule has 0 saturated heterocycles. The van der Waals surface area contributed by atoms with Crippen molar-refractivity contribution in [3.05, 3.63) is 35.4 Å². The Hall–Kier alpha value is -1.07. The van der Waals surface area contributed by atoms with Crippen molar-refractivity contribution in [2.24, 2.45) is 0 Å². The van der Waals surface area contributed by atoms with E-state index in [1.165, 1.54) is 12.1 Å². The molecule has 2 atom stereocenters. The van der Waals surface area contributed by atoms with Crippen molar-refractivity contribution >= 4 is 0 Å². The monoisotopic (exact) mass is 303 g/mol. The number of halogens is 3. The van der Waals surface area contributed by atoms with Gasteiger partial charge in [0.25, 0.3) is 0 Å². The van der Waals surface area contributed by atoms with Crippen LogP contribution in [0.2, 0.25) is 0 Å². The molecular weight excluding hydrogens is 279 g/mol. The van der Waals surface area contributed by atoms with Crippen molar-refractivity contribution in [2.75, 3.05) is 13.2 Å². The molecule has 5 heteroatoms. The van der Waals surface area contributed by atoms with Crippen LogP contribution in [-0.2, 0) is 17.3 Å². The van der Waals surface area contributed by atoms with Crippen molar-refractivity contribution < 1.29 is 17.9 Å². The molecule has 0 aliphatic carbocycles. The average molecular weight is 303 g/mol. The first-order valence-corrected chi connectivity index (χ1v) is 7.43. The fourth-order valence-electron chi connectivity index (χ4n) is 2.46. The summed E-state index contributed by atoms with van der Waals surface area (Å²) in [5, 5.41) is 3.32. The van der Waals surface area contributed by atoms with E-state index < -0.39 is 11.7 Å². The average Bonchev–Trinajstić information content (AvgIpc) is 2.44. The molecule has 0 spiro atoms. The van der Waals surface area contributed by atoms with Gasteiger partial charge in [0, 0.05) is 12.6 Å². The molecule has 0 aromatic heterocycles. The number of rotatable bonds is 8. The molecule has 0 bridgehead atoms. The fraction of sp³-hybridized carbons (Fsp3) is 0.625. The van der Waals surface area contributed by atoms with Crippen LogP contribution in [0.1, 0.15) is 38.3 Å². The SMILES string of the molecule is CCNC(Cc1cccc(C(F)(F)F)c1)C(CC)OCC. The van der Waals surface area contributed by atoms with Crippen molar-refractivity contribution in [2.45, 2.75) is 51.9 Å². The molecule has 0 heterocycles. The maximum Gasteiger partial charge on any atom is 0.416 e. The summed E-state index contributed by atoms with van der Waals surface area (Å²) in [4.78, 5) is 0. The molecule has 1 rings (SSSR count). The summed E-state index contributed by atoms with van der Waals surface area (Å²) in [7, 11) is 0. The summed E-state index contributed by atoms with van der Waals surface area (Å²) in [5.41, 5.74) is 0.0774. The van der Waals surface area contributed by atoms with Gasteiger partial charge in [0.15, 0.2) is 0 Å². The van der Waals surface area contributed by atoms with E-state index in [2.05, 4.69) is 5.32 Å². The van der Waals surface area contributed by atoms with Crippen LogP contribution >= 0.6 is 0 Å². The van der Waals surface area contributed by atoms with Gasteiger partial charge >= 0.3 is 6.18 Å². The van der Waals surface area contributed by atoms with Gasteiger partial charge in [-0.05, 0) is 37.9 Å². The summed E-state index contributed by atoms with van der Waals surface area (Å²) >= 11 is 0. The number of ether oxygens (including phenoxy) is 1. The Morgan fingerprint density at radius 1 is 1.19 bits per heavy atom. The number of alkyl halides is 3. The summed E-state index contributed by atoms with van der Waals surface area (Å²) < 4.78 is 44.0. The largest absolute Gasteiger partial charge is 0.416 e. The van der Waals surface area contributed by atoms with Crippen molar-refractivity contribution in [3.63, 3.8) is 0 Å². The first-order chi connectivity index (χ1) is 9.92. The highest BCUT2D eigenvalue weighted by Crippen LogP contribution is 2.29. The maximum absolute atomic E-state index is 12.8. The van der Waals surface area contributed by atoms with E-state index in [9.17, 15) is 13.2 Å². The molecule has 0 aliphatic heterocycles. The van der Waals surface area contributed by atoms with Gasteiger partial charge in [0.05, 0.1) is 11.7 Å². The lowest BCUT2D eigenvalue weighted by atomic mass is 9.98. The molecular formula is C16H24F3NO. The van der Waals surface area contributed by atoms with Crippen molar-refractivity contribution in [1.29, 1.82) is 0 Å². The van der Waals surface area contributed by atoms with Crippen LogP contribution in [-0.4, -0.2) is 25.3 Å². The van der Waals surface area contributed by atoms with E-state index in [0.29, 0.717) is 18.6 Å². The second-order valence-corrected chi connectivity index (χ2v) is 4.97. The highest BCUT2D eigenvalue weighted by molar-refractivity contribution is 5.26. The maximum atomic E-state index is 12.8.